The second kappa shape index (κ2) is 9.80. The number of nitrogens with zero attached hydrogens (tertiary/aromatic N) is 1. The summed E-state index contributed by atoms with van der Waals surface area (Å²) in [5, 5.41) is 3.77. The predicted molar refractivity (Wildman–Crippen MR) is 143 cm³/mol. The number of hydrogen-bond acceptors (Lipinski definition) is 6. The first-order valence-electron chi connectivity index (χ1n) is 11.0. The maximum absolute atomic E-state index is 12.8. The van der Waals surface area contributed by atoms with Crippen molar-refractivity contribution in [1.82, 2.24) is 4.98 Å². The van der Waals surface area contributed by atoms with Gasteiger partial charge in [-0.25, -0.2) is 13.4 Å². The molecule has 0 fully saturated rings. The number of ether oxygens (including phenoxy) is 1. The van der Waals surface area contributed by atoms with Crippen LogP contribution in [0.1, 0.15) is 10.4 Å². The van der Waals surface area contributed by atoms with Crippen LogP contribution in [0.15, 0.2) is 102 Å². The molecule has 36 heavy (non-hydrogen) atoms. The lowest BCUT2D eigenvalue weighted by atomic mass is 10.1. The van der Waals surface area contributed by atoms with Crippen molar-refractivity contribution in [2.75, 3.05) is 17.1 Å². The highest BCUT2D eigenvalue weighted by Gasteiger charge is 2.15. The van der Waals surface area contributed by atoms with Gasteiger partial charge in [-0.05, 0) is 72.8 Å². The lowest BCUT2D eigenvalue weighted by Gasteiger charge is -2.10. The second-order valence-corrected chi connectivity index (χ2v) is 10.6. The summed E-state index contributed by atoms with van der Waals surface area (Å²) in [6, 6.07) is 27.8. The minimum atomic E-state index is -3.77. The van der Waals surface area contributed by atoms with E-state index in [0.29, 0.717) is 22.7 Å². The smallest absolute Gasteiger partial charge is 0.261 e. The number of fused-ring (bicyclic) bond motifs is 1. The molecule has 0 aliphatic carbocycles. The second-order valence-electron chi connectivity index (χ2n) is 7.88. The molecule has 0 saturated carbocycles. The number of para-hydroxylation sites is 1. The fourth-order valence-corrected chi connectivity index (χ4v) is 5.61. The van der Waals surface area contributed by atoms with Gasteiger partial charge in [0.2, 0.25) is 0 Å². The third-order valence-electron chi connectivity index (χ3n) is 5.43. The Morgan fingerprint density at radius 1 is 0.861 bits per heavy atom. The average molecular weight is 516 g/mol. The number of rotatable bonds is 7. The molecule has 5 rings (SSSR count). The van der Waals surface area contributed by atoms with Crippen LogP contribution in [-0.2, 0) is 10.0 Å². The number of nitrogens with one attached hydrogen (secondary N) is 2. The number of sulfonamides is 1. The van der Waals surface area contributed by atoms with Crippen molar-refractivity contribution in [2.24, 2.45) is 0 Å². The molecule has 9 heteroatoms. The standard InChI is InChI=1S/C27H21N3O4S2/c1-34-22-13-15-23(16-14-22)36(32,33)30-20-11-9-18(10-12-20)26(31)28-21-6-4-5-19(17-21)27-29-24-7-2-3-8-25(24)35-27/h2-17,30H,1H3,(H,28,31). The van der Waals surface area contributed by atoms with Gasteiger partial charge >= 0.3 is 0 Å². The lowest BCUT2D eigenvalue weighted by Crippen LogP contribution is -2.14. The van der Waals surface area contributed by atoms with Crippen LogP contribution in [0.25, 0.3) is 20.8 Å². The molecule has 4 aromatic carbocycles. The van der Waals surface area contributed by atoms with E-state index in [2.05, 4.69) is 15.0 Å². The molecular weight excluding hydrogens is 494 g/mol. The van der Waals surface area contributed by atoms with Crippen LogP contribution in [0, 0.1) is 0 Å². The van der Waals surface area contributed by atoms with Crippen molar-refractivity contribution in [2.45, 2.75) is 4.90 Å². The molecule has 0 saturated heterocycles. The summed E-state index contributed by atoms with van der Waals surface area (Å²) in [6.45, 7) is 0. The van der Waals surface area contributed by atoms with Crippen molar-refractivity contribution in [1.29, 1.82) is 0 Å². The van der Waals surface area contributed by atoms with Crippen LogP contribution >= 0.6 is 11.3 Å². The SMILES string of the molecule is COc1ccc(S(=O)(=O)Nc2ccc(C(=O)Nc3cccc(-c4nc5ccccc5s4)c3)cc2)cc1. The Labute approximate surface area is 212 Å². The number of hydrogen-bond donors (Lipinski definition) is 2. The average Bonchev–Trinajstić information content (AvgIpc) is 3.34. The summed E-state index contributed by atoms with van der Waals surface area (Å²) >= 11 is 1.59. The summed E-state index contributed by atoms with van der Waals surface area (Å²) < 4.78 is 33.9. The van der Waals surface area contributed by atoms with Gasteiger partial charge in [0.05, 0.1) is 22.2 Å². The molecule has 0 bridgehead atoms. The highest BCUT2D eigenvalue weighted by molar-refractivity contribution is 7.92. The Hall–Kier alpha value is -4.21. The van der Waals surface area contributed by atoms with E-state index < -0.39 is 10.0 Å². The van der Waals surface area contributed by atoms with E-state index in [4.69, 9.17) is 4.74 Å². The molecule has 1 heterocycles. The number of carbonyl (C=O) groups is 1. The molecule has 5 aromatic rings. The van der Waals surface area contributed by atoms with Gasteiger partial charge in [-0.3, -0.25) is 9.52 Å². The molecule has 0 spiro atoms. The highest BCUT2D eigenvalue weighted by atomic mass is 32.2. The molecular formula is C27H21N3O4S2. The summed E-state index contributed by atoms with van der Waals surface area (Å²) in [4.78, 5) is 17.6. The largest absolute Gasteiger partial charge is 0.497 e. The van der Waals surface area contributed by atoms with E-state index >= 15 is 0 Å². The Morgan fingerprint density at radius 3 is 2.33 bits per heavy atom. The molecule has 1 aromatic heterocycles. The third-order valence-corrected chi connectivity index (χ3v) is 7.91. The summed E-state index contributed by atoms with van der Waals surface area (Å²) in [5.74, 6) is 0.260. The molecule has 0 aliphatic rings. The van der Waals surface area contributed by atoms with Gasteiger partial charge in [0.1, 0.15) is 10.8 Å². The van der Waals surface area contributed by atoms with E-state index in [9.17, 15) is 13.2 Å². The number of amides is 1. The van der Waals surface area contributed by atoms with Crippen LogP contribution in [0.3, 0.4) is 0 Å². The molecule has 180 valence electrons. The highest BCUT2D eigenvalue weighted by Crippen LogP contribution is 2.31. The van der Waals surface area contributed by atoms with Crippen LogP contribution in [0.5, 0.6) is 5.75 Å². The minimum Gasteiger partial charge on any atom is -0.497 e. The Kier molecular flexibility index (Phi) is 6.41. The number of thiazole rings is 1. The number of carbonyl (C=O) groups excluding carboxylic acids is 1. The molecule has 1 amide bonds. The van der Waals surface area contributed by atoms with Crippen LogP contribution in [-0.4, -0.2) is 26.4 Å². The maximum atomic E-state index is 12.8. The zero-order valence-corrected chi connectivity index (χ0v) is 20.8. The first-order valence-corrected chi connectivity index (χ1v) is 13.3. The topological polar surface area (TPSA) is 97.4 Å². The molecule has 0 aliphatic heterocycles. The van der Waals surface area contributed by atoms with Gasteiger partial charge in [0.25, 0.3) is 15.9 Å². The Bertz CT molecular complexity index is 1610. The predicted octanol–water partition coefficient (Wildman–Crippen LogP) is 6.03. The molecule has 2 N–H and O–H groups in total. The van der Waals surface area contributed by atoms with Gasteiger partial charge in [0, 0.05) is 22.5 Å². The Morgan fingerprint density at radius 2 is 1.61 bits per heavy atom. The summed E-state index contributed by atoms with van der Waals surface area (Å²) in [7, 11) is -2.26. The van der Waals surface area contributed by atoms with E-state index in [1.165, 1.54) is 19.2 Å². The minimum absolute atomic E-state index is 0.109. The zero-order chi connectivity index (χ0) is 25.1. The summed E-state index contributed by atoms with van der Waals surface area (Å²) in [5.41, 5.74) is 3.24. The number of methoxy groups -OCH3 is 1. The monoisotopic (exact) mass is 515 g/mol. The van der Waals surface area contributed by atoms with Crippen LogP contribution < -0.4 is 14.8 Å². The van der Waals surface area contributed by atoms with Crippen molar-refractivity contribution in [3.8, 4) is 16.3 Å². The first-order chi connectivity index (χ1) is 17.4. The van der Waals surface area contributed by atoms with Gasteiger partial charge in [-0.2, -0.15) is 0 Å². The van der Waals surface area contributed by atoms with Crippen LogP contribution in [0.4, 0.5) is 11.4 Å². The lowest BCUT2D eigenvalue weighted by molar-refractivity contribution is 0.102. The van der Waals surface area contributed by atoms with Crippen molar-refractivity contribution in [3.63, 3.8) is 0 Å². The van der Waals surface area contributed by atoms with E-state index in [1.807, 2.05) is 48.5 Å². The van der Waals surface area contributed by atoms with Crippen molar-refractivity contribution >= 4 is 48.9 Å². The molecule has 0 unspecified atom stereocenters. The quantitative estimate of drug-likeness (QED) is 0.276. The number of anilines is 2. The van der Waals surface area contributed by atoms with Crippen molar-refractivity contribution in [3.05, 3.63) is 103 Å². The first kappa shape index (κ1) is 23.5. The number of aromatic nitrogens is 1. The summed E-state index contributed by atoms with van der Waals surface area (Å²) in [6.07, 6.45) is 0. The van der Waals surface area contributed by atoms with Gasteiger partial charge in [-0.1, -0.05) is 24.3 Å². The van der Waals surface area contributed by atoms with Crippen molar-refractivity contribution < 1.29 is 17.9 Å². The number of benzene rings is 4. The van der Waals surface area contributed by atoms with E-state index in [1.54, 1.807) is 47.7 Å². The third kappa shape index (κ3) is 5.07. The fourth-order valence-electron chi connectivity index (χ4n) is 3.59. The van der Waals surface area contributed by atoms with E-state index in [-0.39, 0.29) is 10.8 Å². The van der Waals surface area contributed by atoms with Crippen LogP contribution in [0.2, 0.25) is 0 Å². The Balaban J connectivity index is 1.28. The normalized spacial score (nSPS) is 11.2. The van der Waals surface area contributed by atoms with Gasteiger partial charge in [0.15, 0.2) is 0 Å². The fraction of sp³-hybridized carbons (Fsp3) is 0.0370. The zero-order valence-electron chi connectivity index (χ0n) is 19.1. The maximum Gasteiger partial charge on any atom is 0.261 e. The molecule has 0 atom stereocenters. The van der Waals surface area contributed by atoms with Gasteiger partial charge < -0.3 is 10.1 Å². The molecule has 0 radical (unpaired) electrons. The molecule has 7 nitrogen and oxygen atoms in total. The van der Waals surface area contributed by atoms with E-state index in [0.717, 1.165) is 20.8 Å². The van der Waals surface area contributed by atoms with Gasteiger partial charge in [-0.15, -0.1) is 11.3 Å².